The maximum atomic E-state index is 11.9. The molecule has 0 saturated heterocycles. The van der Waals surface area contributed by atoms with Crippen molar-refractivity contribution in [3.63, 3.8) is 0 Å². The minimum Gasteiger partial charge on any atom is -0.508 e. The first-order chi connectivity index (χ1) is 24.7. The van der Waals surface area contributed by atoms with Crippen molar-refractivity contribution in [1.29, 1.82) is 0 Å². The Kier molecular flexibility index (Phi) is 15.5. The summed E-state index contributed by atoms with van der Waals surface area (Å²) in [5.41, 5.74) is 2.85. The van der Waals surface area contributed by atoms with Gasteiger partial charge in [-0.15, -0.1) is 0 Å². The normalized spacial score (nSPS) is 13.1. The number of phenolic OH excluding ortho intramolecular Hbond substituents is 4. The molecule has 0 radical (unpaired) electrons. The Morgan fingerprint density at radius 3 is 0.923 bits per heavy atom. The largest absolute Gasteiger partial charge is 0.508 e. The van der Waals surface area contributed by atoms with Gasteiger partial charge in [-0.25, -0.2) is 0 Å². The van der Waals surface area contributed by atoms with E-state index in [1.165, 1.54) is 36.4 Å². The summed E-state index contributed by atoms with van der Waals surface area (Å²) >= 11 is 0. The zero-order valence-electron chi connectivity index (χ0n) is 28.4. The Morgan fingerprint density at radius 1 is 0.423 bits per heavy atom. The van der Waals surface area contributed by atoms with Crippen molar-refractivity contribution in [1.82, 2.24) is 0 Å². The molecule has 52 heavy (non-hydrogen) atoms. The molecule has 8 N–H and O–H groups in total. The third kappa shape index (κ3) is 14.1. The highest BCUT2D eigenvalue weighted by molar-refractivity contribution is 5.72. The molecular weight excluding hydrogens is 672 g/mol. The van der Waals surface area contributed by atoms with Crippen LogP contribution in [0, 0.1) is 23.7 Å². The van der Waals surface area contributed by atoms with Crippen LogP contribution in [0.5, 0.6) is 23.0 Å². The molecule has 4 rings (SSSR count). The van der Waals surface area contributed by atoms with Gasteiger partial charge in [0.05, 0.1) is 11.8 Å². The molecule has 0 aliphatic rings. The molecule has 0 amide bonds. The van der Waals surface area contributed by atoms with Crippen LogP contribution in [0.25, 0.3) is 0 Å². The zero-order valence-corrected chi connectivity index (χ0v) is 28.4. The summed E-state index contributed by atoms with van der Waals surface area (Å²) in [6, 6.07) is 25.9. The van der Waals surface area contributed by atoms with E-state index in [-0.39, 0.29) is 61.5 Å². The summed E-state index contributed by atoms with van der Waals surface area (Å²) in [6.45, 7) is 0. The van der Waals surface area contributed by atoms with Crippen molar-refractivity contribution >= 4 is 23.9 Å². The second-order valence-corrected chi connectivity index (χ2v) is 12.8. The molecule has 0 aliphatic carbocycles. The van der Waals surface area contributed by atoms with Gasteiger partial charge < -0.3 is 40.9 Å². The number of carboxylic acids is 4. The first-order valence-corrected chi connectivity index (χ1v) is 16.7. The van der Waals surface area contributed by atoms with Gasteiger partial charge in [-0.2, -0.15) is 0 Å². The lowest BCUT2D eigenvalue weighted by Gasteiger charge is -2.24. The molecule has 0 bridgehead atoms. The second-order valence-electron chi connectivity index (χ2n) is 12.8. The number of carbonyl (C=O) groups is 4. The van der Waals surface area contributed by atoms with E-state index in [4.69, 9.17) is 10.2 Å². The average molecular weight is 717 g/mol. The number of hydrogen-bond donors (Lipinski definition) is 8. The van der Waals surface area contributed by atoms with Gasteiger partial charge >= 0.3 is 23.9 Å². The summed E-state index contributed by atoms with van der Waals surface area (Å²) < 4.78 is 0. The van der Waals surface area contributed by atoms with Crippen LogP contribution < -0.4 is 0 Å². The molecule has 0 aliphatic heterocycles. The monoisotopic (exact) mass is 716 g/mol. The molecule has 0 spiro atoms. The lowest BCUT2D eigenvalue weighted by molar-refractivity contribution is -0.145. The Hall–Kier alpha value is -6.04. The molecule has 0 fully saturated rings. The van der Waals surface area contributed by atoms with Crippen molar-refractivity contribution in [3.05, 3.63) is 119 Å². The first-order valence-electron chi connectivity index (χ1n) is 16.7. The SMILES string of the molecule is O=C(O)CC[C@@H](Cc1cccc(O)c1)[C@H](Cc1cccc(O)c1)C(=O)O.O=C(O)CC[C@H](Cc1cccc(O)c1)[C@@H](Cc1cccc(O)c1)C(=O)O. The third-order valence-corrected chi connectivity index (χ3v) is 8.78. The van der Waals surface area contributed by atoms with Gasteiger partial charge in [0.2, 0.25) is 0 Å². The summed E-state index contributed by atoms with van der Waals surface area (Å²) in [4.78, 5) is 45.7. The first kappa shape index (κ1) is 40.4. The van der Waals surface area contributed by atoms with Gasteiger partial charge in [-0.3, -0.25) is 19.2 Å². The molecule has 4 atom stereocenters. The fourth-order valence-corrected chi connectivity index (χ4v) is 6.27. The van der Waals surface area contributed by atoms with Crippen LogP contribution in [0.4, 0.5) is 0 Å². The summed E-state index contributed by atoms with van der Waals surface area (Å²) in [5, 5.41) is 75.8. The van der Waals surface area contributed by atoms with Crippen LogP contribution in [-0.2, 0) is 44.9 Å². The number of carboxylic acid groups (broad SMARTS) is 4. The van der Waals surface area contributed by atoms with Crippen LogP contribution in [0.1, 0.15) is 47.9 Å². The molecule has 4 aromatic rings. The van der Waals surface area contributed by atoms with E-state index in [2.05, 4.69) is 0 Å². The lowest BCUT2D eigenvalue weighted by atomic mass is 9.80. The highest BCUT2D eigenvalue weighted by Gasteiger charge is 2.30. The Morgan fingerprint density at radius 2 is 0.692 bits per heavy atom. The predicted molar refractivity (Wildman–Crippen MR) is 190 cm³/mol. The minimum absolute atomic E-state index is 0.0571. The summed E-state index contributed by atoms with van der Waals surface area (Å²) in [5.74, 6) is -6.16. The van der Waals surface area contributed by atoms with E-state index in [0.717, 1.165) is 11.1 Å². The number of benzene rings is 4. The van der Waals surface area contributed by atoms with Gasteiger partial charge in [-0.1, -0.05) is 48.5 Å². The van der Waals surface area contributed by atoms with Crippen LogP contribution in [0.15, 0.2) is 97.1 Å². The Labute approximate surface area is 300 Å². The van der Waals surface area contributed by atoms with Crippen LogP contribution >= 0.6 is 0 Å². The van der Waals surface area contributed by atoms with Gasteiger partial charge in [0.15, 0.2) is 0 Å². The molecule has 4 aromatic carbocycles. The lowest BCUT2D eigenvalue weighted by Crippen LogP contribution is -2.28. The number of rotatable bonds is 18. The molecule has 0 heterocycles. The van der Waals surface area contributed by atoms with E-state index in [9.17, 15) is 49.8 Å². The van der Waals surface area contributed by atoms with Crippen molar-refractivity contribution in [3.8, 4) is 23.0 Å². The fraction of sp³-hybridized carbons (Fsp3) is 0.300. The number of aliphatic carboxylic acids is 4. The highest BCUT2D eigenvalue weighted by atomic mass is 16.4. The van der Waals surface area contributed by atoms with E-state index < -0.39 is 47.5 Å². The van der Waals surface area contributed by atoms with Crippen molar-refractivity contribution in [2.45, 2.75) is 51.4 Å². The summed E-state index contributed by atoms with van der Waals surface area (Å²) in [7, 11) is 0. The predicted octanol–water partition coefficient (Wildman–Crippen LogP) is 6.13. The zero-order chi connectivity index (χ0) is 38.2. The van der Waals surface area contributed by atoms with E-state index >= 15 is 0 Å². The standard InChI is InChI=1S/2C20H22O6/c2*21-16-5-1-3-13(10-16)9-15(7-8-19(23)24)18(20(25)26)12-14-4-2-6-17(22)11-14/h2*1-6,10-11,15,18,21-22H,7-9,12H2,(H,23,24)(H,25,26)/t2*15-,18-/m10/s1. The molecule has 0 aromatic heterocycles. The van der Waals surface area contributed by atoms with Gasteiger partial charge in [0.25, 0.3) is 0 Å². The third-order valence-electron chi connectivity index (χ3n) is 8.78. The Balaban J connectivity index is 0.000000280. The topological polar surface area (TPSA) is 230 Å². The van der Waals surface area contributed by atoms with Gasteiger partial charge in [0, 0.05) is 12.8 Å². The molecule has 0 saturated carbocycles. The quantitative estimate of drug-likeness (QED) is 0.0581. The number of phenols is 4. The maximum Gasteiger partial charge on any atom is 0.307 e. The molecule has 12 nitrogen and oxygen atoms in total. The van der Waals surface area contributed by atoms with Crippen molar-refractivity contribution < 1.29 is 60.0 Å². The highest BCUT2D eigenvalue weighted by Crippen LogP contribution is 2.30. The van der Waals surface area contributed by atoms with Crippen LogP contribution in [-0.4, -0.2) is 64.7 Å². The fourth-order valence-electron chi connectivity index (χ4n) is 6.27. The van der Waals surface area contributed by atoms with Crippen LogP contribution in [0.3, 0.4) is 0 Å². The van der Waals surface area contributed by atoms with E-state index in [1.807, 2.05) is 0 Å². The van der Waals surface area contributed by atoms with Crippen molar-refractivity contribution in [2.75, 3.05) is 0 Å². The van der Waals surface area contributed by atoms with Crippen molar-refractivity contribution in [2.24, 2.45) is 23.7 Å². The molecule has 276 valence electrons. The molecule has 12 heteroatoms. The van der Waals surface area contributed by atoms with Gasteiger partial charge in [-0.05, 0) is 121 Å². The maximum absolute atomic E-state index is 11.9. The molecule has 0 unspecified atom stereocenters. The smallest absolute Gasteiger partial charge is 0.307 e. The molecular formula is C40H44O12. The average Bonchev–Trinajstić information content (AvgIpc) is 3.06. The number of hydrogen-bond acceptors (Lipinski definition) is 8. The second kappa shape index (κ2) is 20.0. The van der Waals surface area contributed by atoms with Gasteiger partial charge in [0.1, 0.15) is 23.0 Å². The Bertz CT molecular complexity index is 1670. The van der Waals surface area contributed by atoms with E-state index in [1.54, 1.807) is 60.7 Å². The number of aromatic hydroxyl groups is 4. The summed E-state index contributed by atoms with van der Waals surface area (Å²) in [6.07, 6.45) is 1.22. The van der Waals surface area contributed by atoms with E-state index in [0.29, 0.717) is 24.0 Å². The van der Waals surface area contributed by atoms with Crippen LogP contribution in [0.2, 0.25) is 0 Å². The minimum atomic E-state index is -1.01.